The molecule has 0 aliphatic rings. The van der Waals surface area contributed by atoms with Crippen LogP contribution in [0.5, 0.6) is 5.88 Å². The van der Waals surface area contributed by atoms with Gasteiger partial charge in [0.25, 0.3) is 5.91 Å². The number of carbonyl (C=O) groups excluding carboxylic acids is 1. The molecule has 22 heavy (non-hydrogen) atoms. The first-order chi connectivity index (χ1) is 10.8. The molecule has 0 radical (unpaired) electrons. The van der Waals surface area contributed by atoms with Gasteiger partial charge in [0.15, 0.2) is 0 Å². The van der Waals surface area contributed by atoms with Crippen LogP contribution < -0.4 is 10.1 Å². The average molecular weight is 293 g/mol. The van der Waals surface area contributed by atoms with Crippen LogP contribution in [0.25, 0.3) is 10.9 Å². The van der Waals surface area contributed by atoms with Gasteiger partial charge in [0, 0.05) is 36.0 Å². The topological polar surface area (TPSA) is 64.1 Å². The van der Waals surface area contributed by atoms with Gasteiger partial charge in [0.1, 0.15) is 0 Å². The van der Waals surface area contributed by atoms with Gasteiger partial charge in [-0.05, 0) is 23.8 Å². The van der Waals surface area contributed by atoms with E-state index in [-0.39, 0.29) is 5.91 Å². The number of carbonyl (C=O) groups is 1. The van der Waals surface area contributed by atoms with Gasteiger partial charge in [0.2, 0.25) is 5.88 Å². The number of pyridine rings is 2. The SMILES string of the molecule is COc1ccc(CNC(=O)c2cccc3ncccc23)cn1. The number of aromatic nitrogens is 2. The van der Waals surface area contributed by atoms with Crippen molar-refractivity contribution in [2.24, 2.45) is 0 Å². The zero-order chi connectivity index (χ0) is 15.4. The predicted molar refractivity (Wildman–Crippen MR) is 83.7 cm³/mol. The summed E-state index contributed by atoms with van der Waals surface area (Å²) < 4.78 is 5.01. The number of hydrogen-bond donors (Lipinski definition) is 1. The molecule has 1 aromatic carbocycles. The molecule has 3 aromatic rings. The van der Waals surface area contributed by atoms with E-state index in [9.17, 15) is 4.79 Å². The summed E-state index contributed by atoms with van der Waals surface area (Å²) in [6.45, 7) is 0.409. The van der Waals surface area contributed by atoms with E-state index in [0.717, 1.165) is 16.5 Å². The number of hydrogen-bond acceptors (Lipinski definition) is 4. The third kappa shape index (κ3) is 2.88. The fourth-order valence-electron chi connectivity index (χ4n) is 2.22. The number of benzene rings is 1. The first kappa shape index (κ1) is 14.0. The molecule has 0 aliphatic heterocycles. The van der Waals surface area contributed by atoms with Crippen molar-refractivity contribution in [1.29, 1.82) is 0 Å². The molecule has 2 heterocycles. The number of ether oxygens (including phenoxy) is 1. The molecule has 110 valence electrons. The van der Waals surface area contributed by atoms with E-state index in [4.69, 9.17) is 4.74 Å². The molecule has 5 nitrogen and oxygen atoms in total. The maximum absolute atomic E-state index is 12.4. The van der Waals surface area contributed by atoms with Gasteiger partial charge in [-0.15, -0.1) is 0 Å². The number of nitrogens with zero attached hydrogens (tertiary/aromatic N) is 2. The van der Waals surface area contributed by atoms with Crippen molar-refractivity contribution < 1.29 is 9.53 Å². The van der Waals surface area contributed by atoms with Gasteiger partial charge in [-0.3, -0.25) is 9.78 Å². The Labute approximate surface area is 128 Å². The van der Waals surface area contributed by atoms with E-state index in [1.165, 1.54) is 0 Å². The highest BCUT2D eigenvalue weighted by atomic mass is 16.5. The second-order valence-electron chi connectivity index (χ2n) is 4.77. The second-order valence-corrected chi connectivity index (χ2v) is 4.77. The third-order valence-corrected chi connectivity index (χ3v) is 3.35. The number of rotatable bonds is 4. The summed E-state index contributed by atoms with van der Waals surface area (Å²) in [6, 6.07) is 12.9. The largest absolute Gasteiger partial charge is 0.481 e. The maximum atomic E-state index is 12.4. The summed E-state index contributed by atoms with van der Waals surface area (Å²) in [7, 11) is 1.57. The Hall–Kier alpha value is -2.95. The van der Waals surface area contributed by atoms with Gasteiger partial charge in [-0.2, -0.15) is 0 Å². The zero-order valence-electron chi connectivity index (χ0n) is 12.1. The quantitative estimate of drug-likeness (QED) is 0.803. The molecule has 0 atom stereocenters. The first-order valence-electron chi connectivity index (χ1n) is 6.89. The van der Waals surface area contributed by atoms with Crippen LogP contribution in [-0.4, -0.2) is 23.0 Å². The molecule has 0 saturated heterocycles. The second kappa shape index (κ2) is 6.22. The van der Waals surface area contributed by atoms with E-state index in [1.807, 2.05) is 30.3 Å². The lowest BCUT2D eigenvalue weighted by atomic mass is 10.1. The number of fused-ring (bicyclic) bond motifs is 1. The molecule has 0 saturated carbocycles. The van der Waals surface area contributed by atoms with Crippen LogP contribution in [0.15, 0.2) is 54.9 Å². The van der Waals surface area contributed by atoms with Crippen LogP contribution in [0, 0.1) is 0 Å². The van der Waals surface area contributed by atoms with E-state index < -0.39 is 0 Å². The van der Waals surface area contributed by atoms with Gasteiger partial charge in [0.05, 0.1) is 12.6 Å². The van der Waals surface area contributed by atoms with Crippen LogP contribution in [0.2, 0.25) is 0 Å². The minimum absolute atomic E-state index is 0.130. The number of amides is 1. The number of nitrogens with one attached hydrogen (secondary N) is 1. The minimum Gasteiger partial charge on any atom is -0.481 e. The summed E-state index contributed by atoms with van der Waals surface area (Å²) >= 11 is 0. The third-order valence-electron chi connectivity index (χ3n) is 3.35. The molecule has 1 amide bonds. The van der Waals surface area contributed by atoms with Crippen molar-refractivity contribution in [1.82, 2.24) is 15.3 Å². The van der Waals surface area contributed by atoms with Crippen LogP contribution in [-0.2, 0) is 6.54 Å². The highest BCUT2D eigenvalue weighted by Crippen LogP contribution is 2.16. The van der Waals surface area contributed by atoms with E-state index >= 15 is 0 Å². The molecular formula is C17H15N3O2. The summed E-state index contributed by atoms with van der Waals surface area (Å²) in [6.07, 6.45) is 3.40. The lowest BCUT2D eigenvalue weighted by molar-refractivity contribution is 0.0952. The van der Waals surface area contributed by atoms with Gasteiger partial charge < -0.3 is 10.1 Å². The smallest absolute Gasteiger partial charge is 0.252 e. The molecule has 5 heteroatoms. The summed E-state index contributed by atoms with van der Waals surface area (Å²) in [5.41, 5.74) is 2.33. The van der Waals surface area contributed by atoms with Crippen molar-refractivity contribution in [2.75, 3.05) is 7.11 Å². The van der Waals surface area contributed by atoms with Crippen molar-refractivity contribution in [3.63, 3.8) is 0 Å². The molecular weight excluding hydrogens is 278 g/mol. The van der Waals surface area contributed by atoms with Crippen molar-refractivity contribution in [3.05, 3.63) is 66.0 Å². The highest BCUT2D eigenvalue weighted by Gasteiger charge is 2.09. The summed E-state index contributed by atoms with van der Waals surface area (Å²) in [5.74, 6) is 0.421. The average Bonchev–Trinajstić information content (AvgIpc) is 2.59. The normalized spacial score (nSPS) is 10.4. The Balaban J connectivity index is 1.75. The maximum Gasteiger partial charge on any atom is 0.252 e. The lowest BCUT2D eigenvalue weighted by Crippen LogP contribution is -2.23. The first-order valence-corrected chi connectivity index (χ1v) is 6.89. The zero-order valence-corrected chi connectivity index (χ0v) is 12.1. The summed E-state index contributed by atoms with van der Waals surface area (Å²) in [5, 5.41) is 3.74. The minimum atomic E-state index is -0.130. The van der Waals surface area contributed by atoms with Crippen LogP contribution in [0.4, 0.5) is 0 Å². The lowest BCUT2D eigenvalue weighted by Gasteiger charge is -2.08. The molecule has 3 rings (SSSR count). The molecule has 0 bridgehead atoms. The molecule has 0 aliphatic carbocycles. The van der Waals surface area contributed by atoms with Crippen molar-refractivity contribution in [2.45, 2.75) is 6.54 Å². The molecule has 1 N–H and O–H groups in total. The van der Waals surface area contributed by atoms with Crippen LogP contribution >= 0.6 is 0 Å². The monoisotopic (exact) mass is 293 g/mol. The Kier molecular flexibility index (Phi) is 3.96. The molecule has 2 aromatic heterocycles. The van der Waals surface area contributed by atoms with Gasteiger partial charge in [-0.25, -0.2) is 4.98 Å². The fourth-order valence-corrected chi connectivity index (χ4v) is 2.22. The van der Waals surface area contributed by atoms with E-state index in [1.54, 1.807) is 31.6 Å². The Morgan fingerprint density at radius 3 is 2.82 bits per heavy atom. The summed E-state index contributed by atoms with van der Waals surface area (Å²) in [4.78, 5) is 20.7. The van der Waals surface area contributed by atoms with E-state index in [2.05, 4.69) is 15.3 Å². The number of methoxy groups -OCH3 is 1. The van der Waals surface area contributed by atoms with Crippen LogP contribution in [0.1, 0.15) is 15.9 Å². The molecule has 0 fully saturated rings. The standard InChI is InChI=1S/C17H15N3O2/c1-22-16-8-7-12(10-19-16)11-20-17(21)14-4-2-6-15-13(14)5-3-9-18-15/h2-10H,11H2,1H3,(H,20,21). The van der Waals surface area contributed by atoms with Crippen molar-refractivity contribution >= 4 is 16.8 Å². The van der Waals surface area contributed by atoms with Crippen LogP contribution in [0.3, 0.4) is 0 Å². The highest BCUT2D eigenvalue weighted by molar-refractivity contribution is 6.06. The van der Waals surface area contributed by atoms with Gasteiger partial charge >= 0.3 is 0 Å². The Bertz CT molecular complexity index is 795. The van der Waals surface area contributed by atoms with Crippen molar-refractivity contribution in [3.8, 4) is 5.88 Å². The molecule has 0 spiro atoms. The van der Waals surface area contributed by atoms with Gasteiger partial charge in [-0.1, -0.05) is 18.2 Å². The Morgan fingerprint density at radius 1 is 1.14 bits per heavy atom. The fraction of sp³-hybridized carbons (Fsp3) is 0.118. The van der Waals surface area contributed by atoms with E-state index in [0.29, 0.717) is 18.0 Å². The Morgan fingerprint density at radius 2 is 2.05 bits per heavy atom. The predicted octanol–water partition coefficient (Wildman–Crippen LogP) is 2.57. The molecule has 0 unspecified atom stereocenters.